The van der Waals surface area contributed by atoms with Crippen LogP contribution < -0.4 is 10.00 Å². The summed E-state index contributed by atoms with van der Waals surface area (Å²) < 4.78 is 6.64. The van der Waals surface area contributed by atoms with E-state index in [9.17, 15) is 9.90 Å². The number of anilines is 1. The number of hydrogen-bond donors (Lipinski definition) is 2. The number of nitrogens with one attached hydrogen (secondary N) is 1. The molecule has 1 aliphatic carbocycles. The van der Waals surface area contributed by atoms with Crippen LogP contribution in [0.25, 0.3) is 0 Å². The topological polar surface area (TPSA) is 79.2 Å². The van der Waals surface area contributed by atoms with Gasteiger partial charge in [0.1, 0.15) is 6.10 Å². The van der Waals surface area contributed by atoms with Gasteiger partial charge in [-0.2, -0.15) is 0 Å². The van der Waals surface area contributed by atoms with Crippen molar-refractivity contribution in [1.82, 2.24) is 5.27 Å². The zero-order valence-electron chi connectivity index (χ0n) is 8.73. The fourth-order valence-corrected chi connectivity index (χ4v) is 1.49. The molecule has 1 amide bonds. The zero-order valence-corrected chi connectivity index (χ0v) is 8.73. The van der Waals surface area contributed by atoms with Crippen molar-refractivity contribution in [3.8, 4) is 0 Å². The quantitative estimate of drug-likeness (QED) is 0.707. The van der Waals surface area contributed by atoms with Crippen molar-refractivity contribution in [1.29, 1.82) is 0 Å². The van der Waals surface area contributed by atoms with E-state index in [1.54, 1.807) is 11.6 Å². The summed E-state index contributed by atoms with van der Waals surface area (Å²) in [6.45, 7) is 3.01. The Hall–Kier alpha value is -1.43. The molecule has 1 aliphatic rings. The zero-order chi connectivity index (χ0) is 11.0. The molecule has 0 aliphatic heterocycles. The average molecular weight is 212 g/mol. The first kappa shape index (κ1) is 10.1. The Morgan fingerprint density at radius 3 is 2.87 bits per heavy atom. The summed E-state index contributed by atoms with van der Waals surface area (Å²) >= 11 is 0. The van der Waals surface area contributed by atoms with E-state index < -0.39 is 6.10 Å². The first-order chi connectivity index (χ1) is 7.09. The van der Waals surface area contributed by atoms with Gasteiger partial charge in [0.2, 0.25) is 11.2 Å². The molecule has 6 heteroatoms. The number of aliphatic hydroxyl groups is 1. The maximum absolute atomic E-state index is 10.9. The van der Waals surface area contributed by atoms with Crippen LogP contribution in [-0.4, -0.2) is 16.3 Å². The molecule has 0 aromatic carbocycles. The first-order valence-corrected chi connectivity index (χ1v) is 4.96. The SMILES string of the molecule is CC(=O)Nc1on[n+](C2CC2)c1C(C)O. The minimum Gasteiger partial charge on any atom is -0.382 e. The van der Waals surface area contributed by atoms with Gasteiger partial charge >= 0.3 is 11.6 Å². The fraction of sp³-hybridized carbons (Fsp3) is 0.667. The molecule has 1 unspecified atom stereocenters. The molecule has 82 valence electrons. The smallest absolute Gasteiger partial charge is 0.308 e. The Morgan fingerprint density at radius 2 is 2.40 bits per heavy atom. The lowest BCUT2D eigenvalue weighted by Crippen LogP contribution is -2.39. The monoisotopic (exact) mass is 212 g/mol. The van der Waals surface area contributed by atoms with Crippen molar-refractivity contribution in [2.45, 2.75) is 38.8 Å². The Morgan fingerprint density at radius 1 is 1.73 bits per heavy atom. The lowest BCUT2D eigenvalue weighted by atomic mass is 10.3. The summed E-state index contributed by atoms with van der Waals surface area (Å²) in [4.78, 5) is 10.9. The van der Waals surface area contributed by atoms with Crippen molar-refractivity contribution >= 4 is 11.8 Å². The van der Waals surface area contributed by atoms with Crippen LogP contribution in [0, 0.1) is 0 Å². The van der Waals surface area contributed by atoms with Crippen molar-refractivity contribution in [3.63, 3.8) is 0 Å². The Kier molecular flexibility index (Phi) is 2.44. The van der Waals surface area contributed by atoms with E-state index in [2.05, 4.69) is 10.6 Å². The largest absolute Gasteiger partial charge is 0.382 e. The molecule has 0 radical (unpaired) electrons. The van der Waals surface area contributed by atoms with Gasteiger partial charge in [-0.15, -0.1) is 0 Å². The summed E-state index contributed by atoms with van der Waals surface area (Å²) in [6, 6.07) is 0.306. The minimum atomic E-state index is -0.710. The summed E-state index contributed by atoms with van der Waals surface area (Å²) in [5, 5.41) is 15.9. The van der Waals surface area contributed by atoms with Gasteiger partial charge in [-0.1, -0.05) is 0 Å². The van der Waals surface area contributed by atoms with Gasteiger partial charge in [-0.05, 0) is 11.6 Å². The Bertz CT molecular complexity index is 382. The molecule has 2 rings (SSSR count). The van der Waals surface area contributed by atoms with Crippen LogP contribution in [0.5, 0.6) is 0 Å². The van der Waals surface area contributed by atoms with Gasteiger partial charge in [-0.3, -0.25) is 14.6 Å². The number of aromatic nitrogens is 2. The number of rotatable bonds is 3. The second-order valence-electron chi connectivity index (χ2n) is 3.82. The number of aliphatic hydroxyl groups excluding tert-OH is 1. The molecular formula is C9H14N3O3+. The molecule has 15 heavy (non-hydrogen) atoms. The third kappa shape index (κ3) is 1.99. The number of amides is 1. The number of carbonyl (C=O) groups is 1. The lowest BCUT2D eigenvalue weighted by Gasteiger charge is -1.99. The van der Waals surface area contributed by atoms with E-state index >= 15 is 0 Å². The molecule has 0 bridgehead atoms. The van der Waals surface area contributed by atoms with Crippen molar-refractivity contribution < 1.29 is 19.1 Å². The predicted octanol–water partition coefficient (Wildman–Crippen LogP) is 0.309. The Labute approximate surface area is 86.8 Å². The van der Waals surface area contributed by atoms with E-state index in [0.29, 0.717) is 11.7 Å². The molecule has 1 heterocycles. The number of carbonyl (C=O) groups excluding carboxylic acids is 1. The molecule has 6 nitrogen and oxygen atoms in total. The number of nitrogens with zero attached hydrogens (tertiary/aromatic N) is 2. The number of hydrogen-bond acceptors (Lipinski definition) is 4. The van der Waals surface area contributed by atoms with Gasteiger partial charge in [-0.25, -0.2) is 0 Å². The summed E-state index contributed by atoms with van der Waals surface area (Å²) in [7, 11) is 0. The van der Waals surface area contributed by atoms with Crippen LogP contribution in [0.2, 0.25) is 0 Å². The molecule has 1 aromatic heterocycles. The molecule has 2 N–H and O–H groups in total. The lowest BCUT2D eigenvalue weighted by molar-refractivity contribution is -0.773. The van der Waals surface area contributed by atoms with Gasteiger partial charge in [0, 0.05) is 19.8 Å². The van der Waals surface area contributed by atoms with Crippen LogP contribution in [-0.2, 0) is 4.79 Å². The second kappa shape index (κ2) is 3.62. The molecule has 0 saturated heterocycles. The van der Waals surface area contributed by atoms with Gasteiger partial charge in [0.15, 0.2) is 6.04 Å². The van der Waals surface area contributed by atoms with Crippen molar-refractivity contribution in [2.75, 3.05) is 5.32 Å². The average Bonchev–Trinajstić information content (AvgIpc) is 2.87. The van der Waals surface area contributed by atoms with Crippen molar-refractivity contribution in [3.05, 3.63) is 5.69 Å². The summed E-state index contributed by atoms with van der Waals surface area (Å²) in [5.41, 5.74) is 0.535. The highest BCUT2D eigenvalue weighted by molar-refractivity contribution is 5.87. The highest BCUT2D eigenvalue weighted by atomic mass is 16.5. The fourth-order valence-electron chi connectivity index (χ4n) is 1.49. The maximum Gasteiger partial charge on any atom is 0.308 e. The highest BCUT2D eigenvalue weighted by Crippen LogP contribution is 2.31. The summed E-state index contributed by atoms with van der Waals surface area (Å²) in [6.07, 6.45) is 1.37. The van der Waals surface area contributed by atoms with Crippen LogP contribution in [0.3, 0.4) is 0 Å². The highest BCUT2D eigenvalue weighted by Gasteiger charge is 2.42. The van der Waals surface area contributed by atoms with E-state index in [0.717, 1.165) is 12.8 Å². The van der Waals surface area contributed by atoms with Crippen LogP contribution >= 0.6 is 0 Å². The molecule has 1 fully saturated rings. The standard InChI is InChI=1S/C9H13N3O3/c1-5(13)8-9(10-6(2)14)15-11-12(8)7-3-4-7/h5,7,13H,3-4H2,1-2H3/p+1. The normalized spacial score (nSPS) is 17.5. The van der Waals surface area contributed by atoms with Crippen molar-refractivity contribution in [2.24, 2.45) is 0 Å². The van der Waals surface area contributed by atoms with Gasteiger partial charge in [0.05, 0.1) is 0 Å². The van der Waals surface area contributed by atoms with Crippen LogP contribution in [0.15, 0.2) is 4.52 Å². The molecule has 1 atom stereocenters. The first-order valence-electron chi connectivity index (χ1n) is 4.96. The van der Waals surface area contributed by atoms with Gasteiger partial charge < -0.3 is 5.11 Å². The van der Waals surface area contributed by atoms with Crippen LogP contribution in [0.4, 0.5) is 5.88 Å². The maximum atomic E-state index is 10.9. The Balaban J connectivity index is 2.32. The molecule has 1 saturated carbocycles. The third-order valence-electron chi connectivity index (χ3n) is 2.28. The molecular weight excluding hydrogens is 198 g/mol. The minimum absolute atomic E-state index is 0.240. The molecule has 1 aromatic rings. The van der Waals surface area contributed by atoms with Gasteiger partial charge in [0.25, 0.3) is 0 Å². The van der Waals surface area contributed by atoms with E-state index in [1.807, 2.05) is 0 Å². The molecule has 0 spiro atoms. The van der Waals surface area contributed by atoms with E-state index in [1.165, 1.54) is 6.92 Å². The predicted molar refractivity (Wildman–Crippen MR) is 49.9 cm³/mol. The second-order valence-corrected chi connectivity index (χ2v) is 3.82. The summed E-state index contributed by atoms with van der Waals surface area (Å²) in [5.74, 6) is 0.000368. The van der Waals surface area contributed by atoms with Crippen LogP contribution in [0.1, 0.15) is 44.5 Å². The third-order valence-corrected chi connectivity index (χ3v) is 2.28. The van der Waals surface area contributed by atoms with E-state index in [4.69, 9.17) is 4.52 Å². The van der Waals surface area contributed by atoms with E-state index in [-0.39, 0.29) is 11.8 Å².